The molecule has 7 nitrogen and oxygen atoms in total. The van der Waals surface area contributed by atoms with Crippen molar-refractivity contribution < 1.29 is 9.90 Å². The monoisotopic (exact) mass is 227 g/mol. The number of hydrogen-bond acceptors (Lipinski definition) is 5. The maximum atomic E-state index is 11.3. The molecule has 1 rings (SSSR count). The van der Waals surface area contributed by atoms with Crippen LogP contribution in [-0.2, 0) is 11.3 Å². The summed E-state index contributed by atoms with van der Waals surface area (Å²) >= 11 is 0. The molecule has 3 N–H and O–H groups in total. The molecule has 0 aliphatic heterocycles. The Labute approximate surface area is 93.8 Å². The summed E-state index contributed by atoms with van der Waals surface area (Å²) in [6.45, 7) is 3.57. The van der Waals surface area contributed by atoms with Crippen molar-refractivity contribution in [3.63, 3.8) is 0 Å². The minimum Gasteiger partial charge on any atom is -0.392 e. The van der Waals surface area contributed by atoms with Crippen LogP contribution in [0.3, 0.4) is 0 Å². The number of rotatable bonds is 7. The van der Waals surface area contributed by atoms with Crippen LogP contribution in [-0.4, -0.2) is 51.7 Å². The van der Waals surface area contributed by atoms with Crippen LogP contribution in [0.1, 0.15) is 6.92 Å². The molecule has 1 amide bonds. The summed E-state index contributed by atoms with van der Waals surface area (Å²) in [4.78, 5) is 11.3. The molecule has 0 saturated heterocycles. The first kappa shape index (κ1) is 12.6. The Morgan fingerprint density at radius 2 is 2.38 bits per heavy atom. The van der Waals surface area contributed by atoms with E-state index in [0.717, 1.165) is 0 Å². The molecule has 0 fully saturated rings. The predicted octanol–water partition coefficient (Wildman–Crippen LogP) is -1.64. The van der Waals surface area contributed by atoms with Crippen LogP contribution in [0.5, 0.6) is 0 Å². The molecular formula is C9H17N5O2. The van der Waals surface area contributed by atoms with Crippen LogP contribution in [0.25, 0.3) is 0 Å². The molecule has 1 heterocycles. The van der Waals surface area contributed by atoms with E-state index in [0.29, 0.717) is 19.6 Å². The molecule has 0 aliphatic carbocycles. The molecule has 1 atom stereocenters. The topological polar surface area (TPSA) is 92.1 Å². The Kier molecular flexibility index (Phi) is 5.44. The zero-order valence-corrected chi connectivity index (χ0v) is 9.26. The Balaban J connectivity index is 2.03. The Morgan fingerprint density at radius 3 is 3.00 bits per heavy atom. The Hall–Kier alpha value is -1.47. The third kappa shape index (κ3) is 5.42. The molecule has 0 saturated carbocycles. The highest BCUT2D eigenvalue weighted by molar-refractivity contribution is 5.75. The molecule has 1 aromatic rings. The van der Waals surface area contributed by atoms with Gasteiger partial charge in [0.25, 0.3) is 0 Å². The fraction of sp³-hybridized carbons (Fsp3) is 0.667. The quantitative estimate of drug-likeness (QED) is 0.486. The van der Waals surface area contributed by atoms with Crippen molar-refractivity contribution in [1.29, 1.82) is 0 Å². The second-order valence-electron chi connectivity index (χ2n) is 3.50. The van der Waals surface area contributed by atoms with Gasteiger partial charge in [-0.1, -0.05) is 5.21 Å². The minimum atomic E-state index is -0.370. The summed E-state index contributed by atoms with van der Waals surface area (Å²) in [6, 6.07) is 0. The normalized spacial score (nSPS) is 12.4. The van der Waals surface area contributed by atoms with Crippen molar-refractivity contribution in [3.8, 4) is 0 Å². The first-order valence-corrected chi connectivity index (χ1v) is 5.18. The number of aliphatic hydroxyl groups excluding tert-OH is 1. The van der Waals surface area contributed by atoms with E-state index < -0.39 is 0 Å². The van der Waals surface area contributed by atoms with E-state index >= 15 is 0 Å². The van der Waals surface area contributed by atoms with Gasteiger partial charge >= 0.3 is 0 Å². The van der Waals surface area contributed by atoms with Crippen LogP contribution in [0.2, 0.25) is 0 Å². The fourth-order valence-electron chi connectivity index (χ4n) is 1.12. The van der Waals surface area contributed by atoms with Gasteiger partial charge in [0, 0.05) is 25.8 Å². The number of nitrogens with one attached hydrogen (secondary N) is 2. The van der Waals surface area contributed by atoms with E-state index in [1.807, 2.05) is 0 Å². The highest BCUT2D eigenvalue weighted by Gasteiger charge is 2.01. The van der Waals surface area contributed by atoms with Crippen molar-refractivity contribution >= 4 is 5.91 Å². The number of aromatic nitrogens is 3. The average Bonchev–Trinajstić information content (AvgIpc) is 2.69. The lowest BCUT2D eigenvalue weighted by Gasteiger charge is -2.07. The standard InChI is InChI=1S/C9H17N5O2/c1-8(15)6-10-2-3-11-9(16)7-14-5-4-12-13-14/h4-5,8,10,15H,2-3,6-7H2,1H3,(H,11,16). The second kappa shape index (κ2) is 6.91. The molecule has 90 valence electrons. The number of hydrogen-bond donors (Lipinski definition) is 3. The van der Waals surface area contributed by atoms with Gasteiger partial charge in [0.05, 0.1) is 12.3 Å². The number of carbonyl (C=O) groups excluding carboxylic acids is 1. The molecule has 7 heteroatoms. The van der Waals surface area contributed by atoms with Crippen LogP contribution in [0.15, 0.2) is 12.4 Å². The van der Waals surface area contributed by atoms with Crippen LogP contribution >= 0.6 is 0 Å². The van der Waals surface area contributed by atoms with Gasteiger partial charge in [0.1, 0.15) is 6.54 Å². The summed E-state index contributed by atoms with van der Waals surface area (Å²) < 4.78 is 1.46. The zero-order chi connectivity index (χ0) is 11.8. The van der Waals surface area contributed by atoms with Gasteiger partial charge in [-0.2, -0.15) is 0 Å². The molecule has 0 aromatic carbocycles. The fourth-order valence-corrected chi connectivity index (χ4v) is 1.12. The Morgan fingerprint density at radius 1 is 1.56 bits per heavy atom. The van der Waals surface area contributed by atoms with Gasteiger partial charge in [-0.25, -0.2) is 4.68 Å². The average molecular weight is 227 g/mol. The maximum absolute atomic E-state index is 11.3. The van der Waals surface area contributed by atoms with Crippen LogP contribution in [0, 0.1) is 0 Å². The van der Waals surface area contributed by atoms with Gasteiger partial charge < -0.3 is 15.7 Å². The Bertz CT molecular complexity index is 299. The predicted molar refractivity (Wildman–Crippen MR) is 57.6 cm³/mol. The molecule has 0 radical (unpaired) electrons. The summed E-state index contributed by atoms with van der Waals surface area (Å²) in [5, 5.41) is 22.0. The van der Waals surface area contributed by atoms with Gasteiger partial charge in [0.2, 0.25) is 5.91 Å². The lowest BCUT2D eigenvalue weighted by Crippen LogP contribution is -2.36. The molecule has 16 heavy (non-hydrogen) atoms. The number of aliphatic hydroxyl groups is 1. The second-order valence-corrected chi connectivity index (χ2v) is 3.50. The molecule has 1 unspecified atom stereocenters. The molecule has 0 bridgehead atoms. The van der Waals surface area contributed by atoms with E-state index in [1.165, 1.54) is 10.9 Å². The maximum Gasteiger partial charge on any atom is 0.241 e. The van der Waals surface area contributed by atoms with E-state index in [2.05, 4.69) is 20.9 Å². The van der Waals surface area contributed by atoms with Crippen molar-refractivity contribution in [3.05, 3.63) is 12.4 Å². The van der Waals surface area contributed by atoms with Crippen molar-refractivity contribution in [2.45, 2.75) is 19.6 Å². The first-order valence-electron chi connectivity index (χ1n) is 5.18. The third-order valence-electron chi connectivity index (χ3n) is 1.84. The first-order chi connectivity index (χ1) is 7.68. The molecule has 1 aromatic heterocycles. The summed E-state index contributed by atoms with van der Waals surface area (Å²) in [5.41, 5.74) is 0. The van der Waals surface area contributed by atoms with E-state index in [9.17, 15) is 4.79 Å². The largest absolute Gasteiger partial charge is 0.392 e. The SMILES string of the molecule is CC(O)CNCCNC(=O)Cn1ccnn1. The van der Waals surface area contributed by atoms with Crippen LogP contribution < -0.4 is 10.6 Å². The van der Waals surface area contributed by atoms with Crippen molar-refractivity contribution in [2.75, 3.05) is 19.6 Å². The van der Waals surface area contributed by atoms with Crippen molar-refractivity contribution in [1.82, 2.24) is 25.6 Å². The van der Waals surface area contributed by atoms with Gasteiger partial charge in [0.15, 0.2) is 0 Å². The zero-order valence-electron chi connectivity index (χ0n) is 9.26. The van der Waals surface area contributed by atoms with Gasteiger partial charge in [-0.15, -0.1) is 5.10 Å². The molecule has 0 spiro atoms. The van der Waals surface area contributed by atoms with E-state index in [-0.39, 0.29) is 18.6 Å². The van der Waals surface area contributed by atoms with Crippen molar-refractivity contribution in [2.24, 2.45) is 0 Å². The van der Waals surface area contributed by atoms with Gasteiger partial charge in [-0.05, 0) is 6.92 Å². The number of nitrogens with zero attached hydrogens (tertiary/aromatic N) is 3. The summed E-state index contributed by atoms with van der Waals surface area (Å²) in [6.07, 6.45) is 2.79. The lowest BCUT2D eigenvalue weighted by molar-refractivity contribution is -0.121. The highest BCUT2D eigenvalue weighted by Crippen LogP contribution is 1.80. The van der Waals surface area contributed by atoms with Gasteiger partial charge in [-0.3, -0.25) is 4.79 Å². The third-order valence-corrected chi connectivity index (χ3v) is 1.84. The molecule has 0 aliphatic rings. The summed E-state index contributed by atoms with van der Waals surface area (Å²) in [5.74, 6) is -0.107. The lowest BCUT2D eigenvalue weighted by atomic mass is 10.4. The highest BCUT2D eigenvalue weighted by atomic mass is 16.3. The smallest absolute Gasteiger partial charge is 0.241 e. The van der Waals surface area contributed by atoms with E-state index in [4.69, 9.17) is 5.11 Å². The number of amides is 1. The summed E-state index contributed by atoms with van der Waals surface area (Å²) in [7, 11) is 0. The molecular weight excluding hydrogens is 210 g/mol. The van der Waals surface area contributed by atoms with Crippen LogP contribution in [0.4, 0.5) is 0 Å². The van der Waals surface area contributed by atoms with E-state index in [1.54, 1.807) is 13.1 Å². The minimum absolute atomic E-state index is 0.107. The number of carbonyl (C=O) groups is 1.